The molecule has 8 nitrogen and oxygen atoms in total. The van der Waals surface area contributed by atoms with Gasteiger partial charge in [-0.3, -0.25) is 4.99 Å². The number of benzene rings is 2. The van der Waals surface area contributed by atoms with E-state index in [1.54, 1.807) is 0 Å². The molecule has 64 heavy (non-hydrogen) atoms. The van der Waals surface area contributed by atoms with Crippen LogP contribution in [0.4, 0.5) is 0 Å². The zero-order valence-electron chi connectivity index (χ0n) is 39.0. The van der Waals surface area contributed by atoms with Gasteiger partial charge in [-0.15, -0.1) is 0 Å². The van der Waals surface area contributed by atoms with Crippen molar-refractivity contribution in [3.05, 3.63) is 84.3 Å². The average molecular weight is 869 g/mol. The van der Waals surface area contributed by atoms with Crippen LogP contribution in [-0.2, 0) is 11.2 Å². The Morgan fingerprint density at radius 3 is 2.61 bits per heavy atom. The minimum absolute atomic E-state index is 0.0389. The van der Waals surface area contributed by atoms with Gasteiger partial charge in [-0.2, -0.15) is 0 Å². The van der Waals surface area contributed by atoms with Crippen LogP contribution in [0.1, 0.15) is 134 Å². The highest BCUT2D eigenvalue weighted by Gasteiger charge is 2.67. The summed E-state index contributed by atoms with van der Waals surface area (Å²) in [5, 5.41) is 31.2. The number of aliphatic hydroxyl groups is 2. The Balaban J connectivity index is 0.851. The van der Waals surface area contributed by atoms with E-state index in [-0.39, 0.29) is 46.3 Å². The third kappa shape index (κ3) is 8.50. The first kappa shape index (κ1) is 44.2. The van der Waals surface area contributed by atoms with E-state index in [0.717, 1.165) is 68.7 Å². The highest BCUT2D eigenvalue weighted by Crippen LogP contribution is 2.69. The van der Waals surface area contributed by atoms with Crippen molar-refractivity contribution in [3.63, 3.8) is 0 Å². The third-order valence-electron chi connectivity index (χ3n) is 18.8. The fourth-order valence-corrected chi connectivity index (χ4v) is 15.3. The summed E-state index contributed by atoms with van der Waals surface area (Å²) in [4.78, 5) is 5.14. The monoisotopic (exact) mass is 869 g/mol. The Bertz CT molecular complexity index is 2250. The number of aliphatic imine (C=N–C) groups is 1. The molecule has 1 saturated heterocycles. The van der Waals surface area contributed by atoms with Gasteiger partial charge < -0.3 is 35.7 Å². The fourth-order valence-electron chi connectivity index (χ4n) is 15.3. The van der Waals surface area contributed by atoms with Crippen molar-refractivity contribution < 1.29 is 19.4 Å². The molecule has 10 rings (SSSR count). The van der Waals surface area contributed by atoms with E-state index in [0.29, 0.717) is 54.6 Å². The summed E-state index contributed by atoms with van der Waals surface area (Å²) in [6.07, 6.45) is 21.4. The summed E-state index contributed by atoms with van der Waals surface area (Å²) >= 11 is 0. The molecule has 5 saturated carbocycles. The molecule has 5 aliphatic carbocycles. The lowest BCUT2D eigenvalue weighted by Gasteiger charge is -2.58. The second-order valence-electron chi connectivity index (χ2n) is 22.8. The lowest BCUT2D eigenvalue weighted by Crippen LogP contribution is -2.52. The average Bonchev–Trinajstić information content (AvgIpc) is 3.73. The number of hydrogen-bond acceptors (Lipinski definition) is 8. The topological polar surface area (TPSA) is 129 Å². The Morgan fingerprint density at radius 1 is 0.938 bits per heavy atom. The number of nitrogens with two attached hydrogens (primary N) is 1. The number of nitrogens with one attached hydrogen (secondary N) is 2. The van der Waals surface area contributed by atoms with Crippen molar-refractivity contribution in [2.75, 3.05) is 20.1 Å². The van der Waals surface area contributed by atoms with Gasteiger partial charge in [-0.05, 0) is 163 Å². The zero-order chi connectivity index (χ0) is 44.3. The first-order valence-electron chi connectivity index (χ1n) is 25.3. The van der Waals surface area contributed by atoms with Crippen molar-refractivity contribution in [1.29, 1.82) is 0 Å². The Kier molecular flexibility index (Phi) is 12.1. The number of aliphatic hydroxyl groups excluding tert-OH is 1. The van der Waals surface area contributed by atoms with Crippen LogP contribution < -0.4 is 16.4 Å². The fraction of sp³-hybridized carbons (Fsp3) is 0.661. The van der Waals surface area contributed by atoms with Crippen LogP contribution >= 0.6 is 0 Å². The largest absolute Gasteiger partial charge is 0.471 e. The van der Waals surface area contributed by atoms with Crippen molar-refractivity contribution in [1.82, 2.24) is 10.6 Å². The van der Waals surface area contributed by atoms with E-state index in [2.05, 4.69) is 84.9 Å². The van der Waals surface area contributed by atoms with Gasteiger partial charge in [0, 0.05) is 47.0 Å². The number of allylic oxidation sites excluding steroid dienone is 1. The van der Waals surface area contributed by atoms with Crippen molar-refractivity contribution in [3.8, 4) is 11.8 Å². The molecule has 1 spiro atoms. The van der Waals surface area contributed by atoms with Crippen LogP contribution in [-0.4, -0.2) is 65.8 Å². The highest BCUT2D eigenvalue weighted by atomic mass is 16.6. The summed E-state index contributed by atoms with van der Waals surface area (Å²) < 4.78 is 12.5. The van der Waals surface area contributed by atoms with E-state index in [1.165, 1.54) is 68.1 Å². The quantitative estimate of drug-likeness (QED) is 0.0780. The van der Waals surface area contributed by atoms with E-state index in [1.807, 2.05) is 19.6 Å². The van der Waals surface area contributed by atoms with E-state index in [4.69, 9.17) is 26.5 Å². The third-order valence-corrected chi connectivity index (χ3v) is 18.8. The molecule has 2 aliphatic heterocycles. The standard InChI is InChI=1S/C56H76N4O4/c1-36-28-55(24-19-38(29-55)20-25-56(62)22-9-13-44(61)30-56)51-54(3,64-51)23-21-49-46(36)31-53(49,2)43-18-17-40(27-43)50-41(32-58-4)16-15-39(26-37-10-6-5-7-11-37)47(33-59-52(57)60-50)45-14-8-12-42-34-63-35-48(42)45/h5-8,10-12,14,34-35,38-41,43-44,46-47,49-51,58,61-62H,1,9,13,17-33H2,2-4H3,(H3,57,59,60). The maximum Gasteiger partial charge on any atom is 0.188 e. The van der Waals surface area contributed by atoms with Gasteiger partial charge in [-0.1, -0.05) is 79.4 Å². The van der Waals surface area contributed by atoms with Crippen LogP contribution in [0.15, 0.2) is 82.6 Å². The molecule has 8 heteroatoms. The summed E-state index contributed by atoms with van der Waals surface area (Å²) in [6.45, 7) is 11.3. The lowest BCUT2D eigenvalue weighted by molar-refractivity contribution is -0.0698. The van der Waals surface area contributed by atoms with E-state index in [9.17, 15) is 10.2 Å². The first-order chi connectivity index (χ1) is 30.9. The molecule has 6 fully saturated rings. The molecule has 0 bridgehead atoms. The molecule has 344 valence electrons. The maximum absolute atomic E-state index is 11.4. The molecule has 15 unspecified atom stereocenters. The van der Waals surface area contributed by atoms with Gasteiger partial charge in [0.2, 0.25) is 0 Å². The molecule has 3 heterocycles. The van der Waals surface area contributed by atoms with Crippen LogP contribution in [0, 0.1) is 64.1 Å². The highest BCUT2D eigenvalue weighted by molar-refractivity contribution is 5.85. The van der Waals surface area contributed by atoms with E-state index >= 15 is 0 Å². The minimum Gasteiger partial charge on any atom is -0.471 e. The molecule has 1 aromatic heterocycles. The van der Waals surface area contributed by atoms with Crippen molar-refractivity contribution in [2.45, 2.75) is 158 Å². The molecule has 2 aromatic carbocycles. The summed E-state index contributed by atoms with van der Waals surface area (Å²) in [5.74, 6) is 11.5. The number of hydrogen-bond donors (Lipinski definition) is 5. The second kappa shape index (κ2) is 17.6. The van der Waals surface area contributed by atoms with Crippen LogP contribution in [0.5, 0.6) is 0 Å². The lowest BCUT2D eigenvalue weighted by atomic mass is 9.46. The predicted molar refractivity (Wildman–Crippen MR) is 256 cm³/mol. The summed E-state index contributed by atoms with van der Waals surface area (Å²) in [7, 11) is 2.05. The van der Waals surface area contributed by atoms with Gasteiger partial charge in [0.05, 0.1) is 48.4 Å². The SMILES string of the molecule is C=C1CC2(CCC(CCC3(O)CCCC(O)C3)C2)C2OC2(C)CCC2C1CC2(C)C1CCC(C2NC(N)=NCC(c3cccc4cocc34)C(Cc3ccccc3)C#CC2CNC)C1. The van der Waals surface area contributed by atoms with Gasteiger partial charge in [0.15, 0.2) is 5.96 Å². The molecule has 15 atom stereocenters. The van der Waals surface area contributed by atoms with Gasteiger partial charge in [0.25, 0.3) is 0 Å². The normalized spacial score (nSPS) is 42.2. The number of furan rings is 1. The Morgan fingerprint density at radius 2 is 1.78 bits per heavy atom. The number of fused-ring (bicyclic) bond motifs is 4. The molecular weight excluding hydrogens is 793 g/mol. The summed E-state index contributed by atoms with van der Waals surface area (Å²) in [6, 6.07) is 17.3. The van der Waals surface area contributed by atoms with Crippen LogP contribution in [0.2, 0.25) is 0 Å². The molecule has 6 N–H and O–H groups in total. The number of nitrogens with zero attached hydrogens (tertiary/aromatic N) is 1. The second-order valence-corrected chi connectivity index (χ2v) is 22.8. The number of guanidine groups is 1. The minimum atomic E-state index is -0.694. The summed E-state index contributed by atoms with van der Waals surface area (Å²) in [5.41, 5.74) is 10.6. The van der Waals surface area contributed by atoms with Crippen molar-refractivity contribution >= 4 is 16.7 Å². The molecule has 7 aliphatic rings. The molecule has 0 radical (unpaired) electrons. The van der Waals surface area contributed by atoms with E-state index < -0.39 is 5.60 Å². The van der Waals surface area contributed by atoms with Crippen LogP contribution in [0.3, 0.4) is 0 Å². The van der Waals surface area contributed by atoms with Gasteiger partial charge in [0.1, 0.15) is 0 Å². The van der Waals surface area contributed by atoms with Gasteiger partial charge >= 0.3 is 0 Å². The van der Waals surface area contributed by atoms with Crippen LogP contribution in [0.25, 0.3) is 10.8 Å². The number of rotatable bonds is 10. The number of epoxide rings is 1. The number of ether oxygens (including phenoxy) is 1. The van der Waals surface area contributed by atoms with Crippen molar-refractivity contribution in [2.24, 2.45) is 63.0 Å². The molecular formula is C56H76N4O4. The predicted octanol–water partition coefficient (Wildman–Crippen LogP) is 9.69. The maximum atomic E-state index is 11.4. The zero-order valence-corrected chi connectivity index (χ0v) is 39.0. The van der Waals surface area contributed by atoms with Gasteiger partial charge in [-0.25, -0.2) is 0 Å². The Hall–Kier alpha value is -3.61. The Labute approximate surface area is 383 Å². The smallest absolute Gasteiger partial charge is 0.188 e. The first-order valence-corrected chi connectivity index (χ1v) is 25.3. The molecule has 3 aromatic rings. The molecule has 0 amide bonds.